The van der Waals surface area contributed by atoms with Crippen molar-refractivity contribution in [1.29, 1.82) is 0 Å². The summed E-state index contributed by atoms with van der Waals surface area (Å²) in [7, 11) is 0. The summed E-state index contributed by atoms with van der Waals surface area (Å²) in [4.78, 5) is 13.7. The maximum Gasteiger partial charge on any atom is 0.340 e. The Kier molecular flexibility index (Phi) is 6.92. The van der Waals surface area contributed by atoms with Crippen molar-refractivity contribution in [3.8, 4) is 28.7 Å². The standard InChI is InChI=1S/C23H21N3O4S/c27-23-24-22(25-26-23)16-31-14-13-28-21-15-19(29-17-7-3-1-4-8-17)11-12-20(21)30-18-9-5-2-6-10-18/h1-12,15H,13-14,16H2,(H2,24,25,26,27). The molecule has 3 aromatic carbocycles. The van der Waals surface area contributed by atoms with Crippen LogP contribution in [0.15, 0.2) is 83.7 Å². The normalized spacial score (nSPS) is 10.6. The topological polar surface area (TPSA) is 89.2 Å². The summed E-state index contributed by atoms with van der Waals surface area (Å²) in [5.74, 6) is 5.23. The minimum Gasteiger partial charge on any atom is -0.489 e. The number of rotatable bonds is 10. The fourth-order valence-electron chi connectivity index (χ4n) is 2.74. The fourth-order valence-corrected chi connectivity index (χ4v) is 3.42. The monoisotopic (exact) mass is 435 g/mol. The van der Waals surface area contributed by atoms with Gasteiger partial charge in [-0.1, -0.05) is 36.4 Å². The van der Waals surface area contributed by atoms with E-state index in [0.29, 0.717) is 41.2 Å². The molecular formula is C23H21N3O4S. The van der Waals surface area contributed by atoms with Gasteiger partial charge >= 0.3 is 5.69 Å². The summed E-state index contributed by atoms with van der Waals surface area (Å²) in [6.45, 7) is 0.458. The molecule has 31 heavy (non-hydrogen) atoms. The lowest BCUT2D eigenvalue weighted by Crippen LogP contribution is -2.03. The quantitative estimate of drug-likeness (QED) is 0.341. The number of aromatic nitrogens is 3. The van der Waals surface area contributed by atoms with Crippen molar-refractivity contribution in [2.24, 2.45) is 0 Å². The number of nitrogens with one attached hydrogen (secondary N) is 2. The minimum atomic E-state index is -0.301. The molecule has 4 rings (SSSR count). The van der Waals surface area contributed by atoms with Crippen molar-refractivity contribution in [2.75, 3.05) is 12.4 Å². The van der Waals surface area contributed by atoms with Gasteiger partial charge in [0.25, 0.3) is 0 Å². The molecule has 0 aliphatic carbocycles. The smallest absolute Gasteiger partial charge is 0.340 e. The lowest BCUT2D eigenvalue weighted by Gasteiger charge is -2.14. The zero-order chi connectivity index (χ0) is 21.3. The molecule has 0 aliphatic rings. The second-order valence-corrected chi connectivity index (χ2v) is 7.57. The molecule has 0 bridgehead atoms. The number of hydrogen-bond donors (Lipinski definition) is 2. The van der Waals surface area contributed by atoms with Crippen molar-refractivity contribution in [2.45, 2.75) is 5.75 Å². The number of H-pyrrole nitrogens is 2. The molecular weight excluding hydrogens is 414 g/mol. The molecule has 7 nitrogen and oxygen atoms in total. The third kappa shape index (κ3) is 6.16. The Morgan fingerprint density at radius 3 is 2.19 bits per heavy atom. The SMILES string of the molecule is O=c1[nH]nc(CSCCOc2cc(Oc3ccccc3)ccc2Oc2ccccc2)[nH]1. The first-order chi connectivity index (χ1) is 15.3. The largest absolute Gasteiger partial charge is 0.489 e. The molecule has 0 radical (unpaired) electrons. The molecule has 158 valence electrons. The van der Waals surface area contributed by atoms with E-state index in [4.69, 9.17) is 14.2 Å². The second kappa shape index (κ2) is 10.4. The van der Waals surface area contributed by atoms with Crippen LogP contribution >= 0.6 is 11.8 Å². The van der Waals surface area contributed by atoms with Gasteiger partial charge in [-0.25, -0.2) is 9.89 Å². The predicted molar refractivity (Wildman–Crippen MR) is 120 cm³/mol. The number of nitrogens with zero attached hydrogens (tertiary/aromatic N) is 1. The summed E-state index contributed by atoms with van der Waals surface area (Å²) in [6, 6.07) is 24.6. The van der Waals surface area contributed by atoms with Crippen LogP contribution in [0.3, 0.4) is 0 Å². The van der Waals surface area contributed by atoms with Crippen LogP contribution in [-0.4, -0.2) is 27.5 Å². The highest BCUT2D eigenvalue weighted by Gasteiger charge is 2.10. The summed E-state index contributed by atoms with van der Waals surface area (Å²) in [5.41, 5.74) is -0.301. The minimum absolute atomic E-state index is 0.301. The Labute approximate surface area is 183 Å². The number of benzene rings is 3. The number of ether oxygens (including phenoxy) is 3. The summed E-state index contributed by atoms with van der Waals surface area (Å²) >= 11 is 1.61. The molecule has 0 saturated carbocycles. The van der Waals surface area contributed by atoms with Crippen LogP contribution in [0.5, 0.6) is 28.7 Å². The molecule has 1 heterocycles. The molecule has 0 unspecified atom stereocenters. The van der Waals surface area contributed by atoms with Gasteiger partial charge in [-0.3, -0.25) is 4.98 Å². The van der Waals surface area contributed by atoms with Gasteiger partial charge in [-0.05, 0) is 36.4 Å². The zero-order valence-electron chi connectivity index (χ0n) is 16.6. The van der Waals surface area contributed by atoms with Crippen LogP contribution in [0.2, 0.25) is 0 Å². The van der Waals surface area contributed by atoms with Gasteiger partial charge in [0, 0.05) is 11.8 Å². The first-order valence-corrected chi connectivity index (χ1v) is 10.9. The lowest BCUT2D eigenvalue weighted by molar-refractivity contribution is 0.322. The first kappa shape index (κ1) is 20.6. The van der Waals surface area contributed by atoms with E-state index in [9.17, 15) is 4.79 Å². The van der Waals surface area contributed by atoms with Crippen LogP contribution in [0.1, 0.15) is 5.82 Å². The third-order valence-electron chi connectivity index (χ3n) is 4.14. The van der Waals surface area contributed by atoms with Gasteiger partial charge in [0.05, 0.1) is 12.4 Å². The Balaban J connectivity index is 1.42. The second-order valence-electron chi connectivity index (χ2n) is 6.46. The third-order valence-corrected chi connectivity index (χ3v) is 5.07. The van der Waals surface area contributed by atoms with Crippen LogP contribution < -0.4 is 19.9 Å². The molecule has 2 N–H and O–H groups in total. The first-order valence-electron chi connectivity index (χ1n) is 9.70. The van der Waals surface area contributed by atoms with Crippen LogP contribution in [0.4, 0.5) is 0 Å². The van der Waals surface area contributed by atoms with Gasteiger partial charge in [0.2, 0.25) is 0 Å². The van der Waals surface area contributed by atoms with Crippen molar-refractivity contribution < 1.29 is 14.2 Å². The van der Waals surface area contributed by atoms with E-state index in [-0.39, 0.29) is 5.69 Å². The highest BCUT2D eigenvalue weighted by atomic mass is 32.2. The van der Waals surface area contributed by atoms with E-state index in [0.717, 1.165) is 11.5 Å². The Morgan fingerprint density at radius 2 is 1.52 bits per heavy atom. The molecule has 0 spiro atoms. The molecule has 4 aromatic rings. The molecule has 0 amide bonds. The van der Waals surface area contributed by atoms with E-state index in [1.165, 1.54) is 0 Å². The van der Waals surface area contributed by atoms with E-state index in [2.05, 4.69) is 15.2 Å². The summed E-state index contributed by atoms with van der Waals surface area (Å²) in [6.07, 6.45) is 0. The highest BCUT2D eigenvalue weighted by molar-refractivity contribution is 7.98. The number of hydrogen-bond acceptors (Lipinski definition) is 6. The Bertz CT molecular complexity index is 1150. The Hall–Kier alpha value is -3.65. The fraction of sp³-hybridized carbons (Fsp3) is 0.130. The average Bonchev–Trinajstić information content (AvgIpc) is 3.21. The maximum atomic E-state index is 11.1. The van der Waals surface area contributed by atoms with Crippen LogP contribution in [-0.2, 0) is 5.75 Å². The summed E-state index contributed by atoms with van der Waals surface area (Å²) in [5, 5.41) is 6.25. The molecule has 0 aliphatic heterocycles. The van der Waals surface area contributed by atoms with Gasteiger partial charge in [0.1, 0.15) is 23.1 Å². The number of para-hydroxylation sites is 2. The van der Waals surface area contributed by atoms with Crippen molar-refractivity contribution >= 4 is 11.8 Å². The summed E-state index contributed by atoms with van der Waals surface area (Å²) < 4.78 is 17.9. The van der Waals surface area contributed by atoms with Crippen molar-refractivity contribution in [3.63, 3.8) is 0 Å². The van der Waals surface area contributed by atoms with E-state index in [1.54, 1.807) is 11.8 Å². The predicted octanol–water partition coefficient (Wildman–Crippen LogP) is 4.99. The number of aromatic amines is 2. The zero-order valence-corrected chi connectivity index (χ0v) is 17.4. The van der Waals surface area contributed by atoms with E-state index in [1.807, 2.05) is 78.9 Å². The Morgan fingerprint density at radius 1 is 0.806 bits per heavy atom. The number of thioether (sulfide) groups is 1. The molecule has 8 heteroatoms. The van der Waals surface area contributed by atoms with Crippen LogP contribution in [0, 0.1) is 0 Å². The van der Waals surface area contributed by atoms with E-state index >= 15 is 0 Å². The molecule has 0 saturated heterocycles. The maximum absolute atomic E-state index is 11.1. The van der Waals surface area contributed by atoms with Crippen molar-refractivity contribution in [1.82, 2.24) is 15.2 Å². The average molecular weight is 436 g/mol. The van der Waals surface area contributed by atoms with Gasteiger partial charge in [-0.2, -0.15) is 16.9 Å². The van der Waals surface area contributed by atoms with Crippen molar-refractivity contribution in [3.05, 3.63) is 95.2 Å². The van der Waals surface area contributed by atoms with Gasteiger partial charge in [0.15, 0.2) is 11.5 Å². The molecule has 0 fully saturated rings. The molecule has 1 aromatic heterocycles. The van der Waals surface area contributed by atoms with Crippen LogP contribution in [0.25, 0.3) is 0 Å². The highest BCUT2D eigenvalue weighted by Crippen LogP contribution is 2.36. The van der Waals surface area contributed by atoms with Gasteiger partial charge in [-0.15, -0.1) is 0 Å². The van der Waals surface area contributed by atoms with E-state index < -0.39 is 0 Å². The van der Waals surface area contributed by atoms with Gasteiger partial charge < -0.3 is 14.2 Å². The molecule has 0 atom stereocenters. The lowest BCUT2D eigenvalue weighted by atomic mass is 10.3.